The summed E-state index contributed by atoms with van der Waals surface area (Å²) in [6.07, 6.45) is 2.26. The Balaban J connectivity index is 1.97. The van der Waals surface area contributed by atoms with Crippen LogP contribution in [0, 0.1) is 0 Å². The number of nitrogens with zero attached hydrogens (tertiary/aromatic N) is 4. The predicted molar refractivity (Wildman–Crippen MR) is 100 cm³/mol. The lowest BCUT2D eigenvalue weighted by Gasteiger charge is -2.15. The summed E-state index contributed by atoms with van der Waals surface area (Å²) in [6, 6.07) is 0. The molecule has 0 aliphatic carbocycles. The van der Waals surface area contributed by atoms with E-state index >= 15 is 0 Å². The zero-order chi connectivity index (χ0) is 18.2. The Morgan fingerprint density at radius 3 is 2.92 bits per heavy atom. The highest BCUT2D eigenvalue weighted by atomic mass is 35.5. The van der Waals surface area contributed by atoms with Crippen LogP contribution < -0.4 is 5.32 Å². The van der Waals surface area contributed by atoms with Gasteiger partial charge in [0.25, 0.3) is 0 Å². The van der Waals surface area contributed by atoms with E-state index < -0.39 is 8.38 Å². The van der Waals surface area contributed by atoms with Crippen LogP contribution in [-0.4, -0.2) is 61.8 Å². The molecule has 2 atom stereocenters. The number of hydrogen-bond donors (Lipinski definition) is 3. The Labute approximate surface area is 153 Å². The number of ether oxygens (including phenoxy) is 1. The molecule has 2 rings (SSSR count). The van der Waals surface area contributed by atoms with Crippen molar-refractivity contribution < 1.29 is 19.0 Å². The highest BCUT2D eigenvalue weighted by molar-refractivity contribution is 7.58. The van der Waals surface area contributed by atoms with Crippen LogP contribution in [-0.2, 0) is 15.8 Å². The first kappa shape index (κ1) is 20.6. The standard InChI is InChI=1S/C13H22ClN5O4P2/c1-3-15-11-10-6-16-19(12(10)18-13(14)17-11)5-4-9(22-2)7-23-24-8-25(20)21/h6,9,20-21,24H,3-5,7-8H2,1-2H3,(H,15,17,18). The van der Waals surface area contributed by atoms with E-state index in [2.05, 4.69) is 20.4 Å². The Bertz CT molecular complexity index is 675. The molecule has 0 bridgehead atoms. The molecule has 25 heavy (non-hydrogen) atoms. The van der Waals surface area contributed by atoms with Gasteiger partial charge in [-0.3, -0.25) is 0 Å². The maximum atomic E-state index is 8.86. The minimum Gasteiger partial charge on any atom is -0.379 e. The first-order chi connectivity index (χ1) is 12.0. The van der Waals surface area contributed by atoms with Crippen LogP contribution in [0.25, 0.3) is 11.0 Å². The third-order valence-electron chi connectivity index (χ3n) is 3.39. The summed E-state index contributed by atoms with van der Waals surface area (Å²) in [5.74, 6) is 0.930. The number of hydrogen-bond acceptors (Lipinski definition) is 8. The Hall–Kier alpha value is -0.660. The summed E-state index contributed by atoms with van der Waals surface area (Å²) in [5, 5.41) is 8.50. The van der Waals surface area contributed by atoms with Crippen molar-refractivity contribution in [3.05, 3.63) is 11.5 Å². The minimum atomic E-state index is -1.90. The summed E-state index contributed by atoms with van der Waals surface area (Å²) in [5.41, 5.74) is 0.666. The van der Waals surface area contributed by atoms with Crippen molar-refractivity contribution in [2.75, 3.05) is 31.5 Å². The zero-order valence-electron chi connectivity index (χ0n) is 14.0. The van der Waals surface area contributed by atoms with Gasteiger partial charge in [0.15, 0.2) is 14.0 Å². The lowest BCUT2D eigenvalue weighted by atomic mass is 10.2. The van der Waals surface area contributed by atoms with Crippen LogP contribution in [0.4, 0.5) is 5.82 Å². The normalized spacial score (nSPS) is 13.4. The van der Waals surface area contributed by atoms with Crippen LogP contribution in [0.2, 0.25) is 5.28 Å². The molecule has 3 N–H and O–H groups in total. The van der Waals surface area contributed by atoms with Crippen LogP contribution >= 0.6 is 28.8 Å². The molecule has 0 saturated carbocycles. The lowest BCUT2D eigenvalue weighted by molar-refractivity contribution is 0.0537. The third kappa shape index (κ3) is 6.22. The van der Waals surface area contributed by atoms with Gasteiger partial charge < -0.3 is 24.4 Å². The summed E-state index contributed by atoms with van der Waals surface area (Å²) in [7, 11) is -0.240. The van der Waals surface area contributed by atoms with Gasteiger partial charge in [-0.2, -0.15) is 15.1 Å². The van der Waals surface area contributed by atoms with E-state index in [-0.39, 0.29) is 26.1 Å². The first-order valence-corrected chi connectivity index (χ1v) is 10.6. The van der Waals surface area contributed by atoms with E-state index in [1.807, 2.05) is 6.92 Å². The average molecular weight is 410 g/mol. The molecule has 2 aromatic heterocycles. The second kappa shape index (κ2) is 10.5. The third-order valence-corrected chi connectivity index (χ3v) is 5.57. The smallest absolute Gasteiger partial charge is 0.226 e. The molecule has 0 aliphatic heterocycles. The van der Waals surface area contributed by atoms with Gasteiger partial charge in [-0.15, -0.1) is 0 Å². The number of fused-ring (bicyclic) bond motifs is 1. The fourth-order valence-electron chi connectivity index (χ4n) is 2.19. The minimum absolute atomic E-state index is 0.0463. The maximum Gasteiger partial charge on any atom is 0.226 e. The number of rotatable bonds is 11. The second-order valence-electron chi connectivity index (χ2n) is 5.11. The first-order valence-electron chi connectivity index (χ1n) is 7.70. The van der Waals surface area contributed by atoms with Crippen LogP contribution in [0.3, 0.4) is 0 Å². The topological polar surface area (TPSA) is 115 Å². The van der Waals surface area contributed by atoms with E-state index in [1.54, 1.807) is 18.0 Å². The van der Waals surface area contributed by atoms with Crippen LogP contribution in [0.15, 0.2) is 6.20 Å². The van der Waals surface area contributed by atoms with Crippen molar-refractivity contribution in [1.29, 1.82) is 0 Å². The molecule has 0 spiro atoms. The van der Waals surface area contributed by atoms with E-state index in [4.69, 9.17) is 30.6 Å². The predicted octanol–water partition coefficient (Wildman–Crippen LogP) is 2.18. The Morgan fingerprint density at radius 2 is 2.24 bits per heavy atom. The van der Waals surface area contributed by atoms with Gasteiger partial charge >= 0.3 is 0 Å². The van der Waals surface area contributed by atoms with Crippen LogP contribution in [0.1, 0.15) is 13.3 Å². The average Bonchev–Trinajstić information content (AvgIpc) is 2.97. The van der Waals surface area contributed by atoms with Gasteiger partial charge in [-0.05, 0) is 24.9 Å². The van der Waals surface area contributed by atoms with Gasteiger partial charge in [0.1, 0.15) is 5.82 Å². The zero-order valence-corrected chi connectivity index (χ0v) is 16.7. The second-order valence-corrected chi connectivity index (χ2v) is 8.03. The van der Waals surface area contributed by atoms with E-state index in [9.17, 15) is 0 Å². The van der Waals surface area contributed by atoms with E-state index in [1.165, 1.54) is 0 Å². The molecule has 0 aromatic carbocycles. The monoisotopic (exact) mass is 409 g/mol. The van der Waals surface area contributed by atoms with Gasteiger partial charge in [-0.1, -0.05) is 0 Å². The van der Waals surface area contributed by atoms with Gasteiger partial charge in [0.2, 0.25) is 5.28 Å². The fraction of sp³-hybridized carbons (Fsp3) is 0.615. The summed E-state index contributed by atoms with van der Waals surface area (Å²) >= 11 is 6.00. The van der Waals surface area contributed by atoms with Gasteiger partial charge in [-0.25, -0.2) is 4.68 Å². The molecule has 140 valence electrons. The molecule has 0 amide bonds. The number of anilines is 1. The molecule has 2 unspecified atom stereocenters. The van der Waals surface area contributed by atoms with Crippen LogP contribution in [0.5, 0.6) is 0 Å². The highest BCUT2D eigenvalue weighted by Gasteiger charge is 2.14. The molecule has 0 aliphatic rings. The number of nitrogens with one attached hydrogen (secondary N) is 1. The number of aryl methyl sites for hydroxylation is 1. The molecule has 2 aromatic rings. The van der Waals surface area contributed by atoms with Crippen molar-refractivity contribution in [3.63, 3.8) is 0 Å². The largest absolute Gasteiger partial charge is 0.379 e. The lowest BCUT2D eigenvalue weighted by Crippen LogP contribution is -2.19. The molecule has 0 radical (unpaired) electrons. The number of aromatic nitrogens is 4. The van der Waals surface area contributed by atoms with Crippen molar-refractivity contribution in [1.82, 2.24) is 19.7 Å². The molecular formula is C13H22ClN5O4P2. The van der Waals surface area contributed by atoms with Gasteiger partial charge in [0.05, 0.1) is 30.2 Å². The molecule has 0 saturated heterocycles. The Kier molecular flexibility index (Phi) is 8.66. The van der Waals surface area contributed by atoms with Gasteiger partial charge in [0, 0.05) is 29.0 Å². The number of methoxy groups -OCH3 is 1. The Morgan fingerprint density at radius 1 is 1.44 bits per heavy atom. The summed E-state index contributed by atoms with van der Waals surface area (Å²) in [6.45, 7) is 3.67. The van der Waals surface area contributed by atoms with E-state index in [0.29, 0.717) is 31.0 Å². The van der Waals surface area contributed by atoms with Crippen molar-refractivity contribution >= 4 is 45.6 Å². The molecule has 2 heterocycles. The van der Waals surface area contributed by atoms with Crippen molar-refractivity contribution in [2.45, 2.75) is 26.0 Å². The molecule has 12 heteroatoms. The van der Waals surface area contributed by atoms with E-state index in [0.717, 1.165) is 11.9 Å². The van der Waals surface area contributed by atoms with Crippen molar-refractivity contribution in [2.24, 2.45) is 0 Å². The highest BCUT2D eigenvalue weighted by Crippen LogP contribution is 2.33. The SMILES string of the molecule is CCNc1nc(Cl)nc2c1cnn2CCC(COPCP(O)O)OC. The molecule has 9 nitrogen and oxygen atoms in total. The summed E-state index contributed by atoms with van der Waals surface area (Å²) < 4.78 is 12.6. The quantitative estimate of drug-likeness (QED) is 0.294. The maximum absolute atomic E-state index is 8.86. The molecule has 0 fully saturated rings. The fourth-order valence-corrected chi connectivity index (χ4v) is 3.48. The summed E-state index contributed by atoms with van der Waals surface area (Å²) in [4.78, 5) is 26.2. The number of halogens is 1. The molecular weight excluding hydrogens is 388 g/mol. The van der Waals surface area contributed by atoms with Crippen molar-refractivity contribution in [3.8, 4) is 0 Å².